The fourth-order valence-electron chi connectivity index (χ4n) is 2.21. The SMILES string of the molecule is CC(C)(Oc1ccc(C(C)(C)C)cc1)C(=O)Nc1cccc(Cl)c1. The first-order chi connectivity index (χ1) is 11.1. The van der Waals surface area contributed by atoms with E-state index in [4.69, 9.17) is 16.3 Å². The fraction of sp³-hybridized carbons (Fsp3) is 0.350. The van der Waals surface area contributed by atoms with Crippen molar-refractivity contribution in [3.05, 3.63) is 59.1 Å². The molecule has 2 rings (SSSR count). The van der Waals surface area contributed by atoms with Crippen molar-refractivity contribution in [1.82, 2.24) is 0 Å². The maximum Gasteiger partial charge on any atom is 0.267 e. The summed E-state index contributed by atoms with van der Waals surface area (Å²) >= 11 is 5.94. The van der Waals surface area contributed by atoms with Gasteiger partial charge in [-0.3, -0.25) is 4.79 Å². The van der Waals surface area contributed by atoms with Gasteiger partial charge in [-0.15, -0.1) is 0 Å². The number of anilines is 1. The van der Waals surface area contributed by atoms with E-state index in [-0.39, 0.29) is 11.3 Å². The predicted molar refractivity (Wildman–Crippen MR) is 99.9 cm³/mol. The zero-order valence-electron chi connectivity index (χ0n) is 14.8. The molecule has 24 heavy (non-hydrogen) atoms. The fourth-order valence-corrected chi connectivity index (χ4v) is 2.40. The van der Waals surface area contributed by atoms with Crippen LogP contribution in [-0.4, -0.2) is 11.5 Å². The van der Waals surface area contributed by atoms with E-state index < -0.39 is 5.60 Å². The summed E-state index contributed by atoms with van der Waals surface area (Å²) in [5.41, 5.74) is 0.937. The topological polar surface area (TPSA) is 38.3 Å². The molecule has 0 unspecified atom stereocenters. The van der Waals surface area contributed by atoms with Crippen LogP contribution in [0.25, 0.3) is 0 Å². The Kier molecular flexibility index (Phi) is 5.24. The number of amides is 1. The first-order valence-corrected chi connectivity index (χ1v) is 8.32. The third-order valence-electron chi connectivity index (χ3n) is 3.72. The second-order valence-electron chi connectivity index (χ2n) is 7.35. The lowest BCUT2D eigenvalue weighted by atomic mass is 9.87. The predicted octanol–water partition coefficient (Wildman–Crippen LogP) is 5.43. The van der Waals surface area contributed by atoms with Gasteiger partial charge in [0.05, 0.1) is 0 Å². The van der Waals surface area contributed by atoms with E-state index in [0.29, 0.717) is 16.5 Å². The summed E-state index contributed by atoms with van der Waals surface area (Å²) in [5.74, 6) is 0.430. The van der Waals surface area contributed by atoms with Crippen molar-refractivity contribution < 1.29 is 9.53 Å². The van der Waals surface area contributed by atoms with Gasteiger partial charge in [-0.25, -0.2) is 0 Å². The van der Waals surface area contributed by atoms with E-state index in [1.54, 1.807) is 38.1 Å². The summed E-state index contributed by atoms with van der Waals surface area (Å²) in [4.78, 5) is 12.5. The van der Waals surface area contributed by atoms with Crippen molar-refractivity contribution in [3.8, 4) is 5.75 Å². The molecule has 4 heteroatoms. The lowest BCUT2D eigenvalue weighted by Gasteiger charge is -2.26. The molecule has 0 radical (unpaired) electrons. The Morgan fingerprint density at radius 2 is 1.62 bits per heavy atom. The van der Waals surface area contributed by atoms with Crippen LogP contribution in [0.2, 0.25) is 5.02 Å². The Morgan fingerprint density at radius 1 is 1.00 bits per heavy atom. The van der Waals surface area contributed by atoms with E-state index in [9.17, 15) is 4.79 Å². The van der Waals surface area contributed by atoms with Crippen LogP contribution in [0, 0.1) is 0 Å². The molecule has 0 aliphatic heterocycles. The van der Waals surface area contributed by atoms with Gasteiger partial charge in [-0.2, -0.15) is 0 Å². The van der Waals surface area contributed by atoms with Gasteiger partial charge in [0.15, 0.2) is 5.60 Å². The molecule has 0 atom stereocenters. The number of ether oxygens (including phenoxy) is 1. The van der Waals surface area contributed by atoms with Gasteiger partial charge in [0.2, 0.25) is 0 Å². The molecular weight excluding hydrogens is 322 g/mol. The normalized spacial score (nSPS) is 11.9. The second-order valence-corrected chi connectivity index (χ2v) is 7.79. The minimum Gasteiger partial charge on any atom is -0.478 e. The number of carbonyl (C=O) groups is 1. The molecule has 0 saturated heterocycles. The van der Waals surface area contributed by atoms with Gasteiger partial charge in [0, 0.05) is 10.7 Å². The summed E-state index contributed by atoms with van der Waals surface area (Å²) in [6, 6.07) is 14.9. The van der Waals surface area contributed by atoms with Crippen LogP contribution >= 0.6 is 11.6 Å². The third-order valence-corrected chi connectivity index (χ3v) is 3.96. The molecule has 0 bridgehead atoms. The van der Waals surface area contributed by atoms with Crippen molar-refractivity contribution in [2.45, 2.75) is 45.6 Å². The molecule has 0 aliphatic rings. The number of carbonyl (C=O) groups excluding carboxylic acids is 1. The zero-order chi connectivity index (χ0) is 18.0. The standard InChI is InChI=1S/C20H24ClNO2/c1-19(2,3)14-9-11-17(12-10-14)24-20(4,5)18(23)22-16-8-6-7-15(21)13-16/h6-13H,1-5H3,(H,22,23). The van der Waals surface area contributed by atoms with E-state index in [1.807, 2.05) is 24.3 Å². The van der Waals surface area contributed by atoms with Crippen LogP contribution in [0.5, 0.6) is 5.75 Å². The average molecular weight is 346 g/mol. The number of halogens is 1. The zero-order valence-corrected chi connectivity index (χ0v) is 15.6. The number of hydrogen-bond donors (Lipinski definition) is 1. The van der Waals surface area contributed by atoms with Crippen LogP contribution in [0.3, 0.4) is 0 Å². The van der Waals surface area contributed by atoms with Crippen LogP contribution in [0.1, 0.15) is 40.2 Å². The number of rotatable bonds is 4. The monoisotopic (exact) mass is 345 g/mol. The van der Waals surface area contributed by atoms with Crippen molar-refractivity contribution in [3.63, 3.8) is 0 Å². The summed E-state index contributed by atoms with van der Waals surface area (Å²) in [5, 5.41) is 3.40. The van der Waals surface area contributed by atoms with Crippen LogP contribution in [-0.2, 0) is 10.2 Å². The molecule has 0 aromatic heterocycles. The number of nitrogens with one attached hydrogen (secondary N) is 1. The van der Waals surface area contributed by atoms with E-state index >= 15 is 0 Å². The maximum absolute atomic E-state index is 12.5. The number of benzene rings is 2. The minimum absolute atomic E-state index is 0.0813. The third kappa shape index (κ3) is 4.75. The maximum atomic E-state index is 12.5. The molecule has 0 heterocycles. The van der Waals surface area contributed by atoms with Gasteiger partial charge < -0.3 is 10.1 Å². The van der Waals surface area contributed by atoms with Gasteiger partial charge in [-0.1, -0.05) is 50.6 Å². The Labute approximate surface area is 149 Å². The Morgan fingerprint density at radius 3 is 2.17 bits per heavy atom. The minimum atomic E-state index is -1.01. The molecule has 0 spiro atoms. The quantitative estimate of drug-likeness (QED) is 0.801. The van der Waals surface area contributed by atoms with Crippen LogP contribution in [0.4, 0.5) is 5.69 Å². The second kappa shape index (κ2) is 6.86. The Hall–Kier alpha value is -2.00. The van der Waals surface area contributed by atoms with Crippen molar-refractivity contribution >= 4 is 23.2 Å². The lowest BCUT2D eigenvalue weighted by molar-refractivity contribution is -0.128. The summed E-state index contributed by atoms with van der Waals surface area (Å²) in [6.07, 6.45) is 0. The van der Waals surface area contributed by atoms with Gasteiger partial charge in [0.25, 0.3) is 5.91 Å². The van der Waals surface area contributed by atoms with Crippen molar-refractivity contribution in [2.24, 2.45) is 0 Å². The number of hydrogen-bond acceptors (Lipinski definition) is 2. The van der Waals surface area contributed by atoms with E-state index in [1.165, 1.54) is 5.56 Å². The Bertz CT molecular complexity index is 715. The molecule has 0 saturated carbocycles. The molecule has 2 aromatic rings. The highest BCUT2D eigenvalue weighted by Gasteiger charge is 2.30. The van der Waals surface area contributed by atoms with E-state index in [0.717, 1.165) is 0 Å². The highest BCUT2D eigenvalue weighted by atomic mass is 35.5. The highest BCUT2D eigenvalue weighted by Crippen LogP contribution is 2.26. The molecule has 1 N–H and O–H groups in total. The molecule has 0 fully saturated rings. The highest BCUT2D eigenvalue weighted by molar-refractivity contribution is 6.30. The molecule has 128 valence electrons. The molecular formula is C20H24ClNO2. The lowest BCUT2D eigenvalue weighted by Crippen LogP contribution is -2.42. The summed E-state index contributed by atoms with van der Waals surface area (Å²) in [6.45, 7) is 9.96. The van der Waals surface area contributed by atoms with Gasteiger partial charge in [-0.05, 0) is 55.2 Å². The van der Waals surface area contributed by atoms with Gasteiger partial charge >= 0.3 is 0 Å². The Balaban J connectivity index is 2.08. The van der Waals surface area contributed by atoms with E-state index in [2.05, 4.69) is 26.1 Å². The van der Waals surface area contributed by atoms with Crippen LogP contribution < -0.4 is 10.1 Å². The van der Waals surface area contributed by atoms with Crippen molar-refractivity contribution in [2.75, 3.05) is 5.32 Å². The molecule has 3 nitrogen and oxygen atoms in total. The molecule has 1 amide bonds. The average Bonchev–Trinajstić information content (AvgIpc) is 2.46. The first-order valence-electron chi connectivity index (χ1n) is 7.94. The molecule has 2 aromatic carbocycles. The van der Waals surface area contributed by atoms with Crippen molar-refractivity contribution in [1.29, 1.82) is 0 Å². The van der Waals surface area contributed by atoms with Crippen LogP contribution in [0.15, 0.2) is 48.5 Å². The summed E-state index contributed by atoms with van der Waals surface area (Å²) < 4.78 is 5.89. The molecule has 0 aliphatic carbocycles. The summed E-state index contributed by atoms with van der Waals surface area (Å²) in [7, 11) is 0. The first kappa shape index (κ1) is 18.3. The van der Waals surface area contributed by atoms with Gasteiger partial charge in [0.1, 0.15) is 5.75 Å². The smallest absolute Gasteiger partial charge is 0.267 e. The largest absolute Gasteiger partial charge is 0.478 e.